The molecule has 3 aliphatic rings. The zero-order valence-corrected chi connectivity index (χ0v) is 15.8. The Kier molecular flexibility index (Phi) is 4.83. The number of nitrogens with zero attached hydrogens (tertiary/aromatic N) is 5. The number of amidine groups is 2. The number of hydrogen-bond donors (Lipinski definition) is 0. The number of benzene rings is 1. The van der Waals surface area contributed by atoms with Crippen LogP contribution in [0.25, 0.3) is 0 Å². The van der Waals surface area contributed by atoms with Gasteiger partial charge in [0.2, 0.25) is 5.91 Å². The lowest BCUT2D eigenvalue weighted by Gasteiger charge is -2.38. The van der Waals surface area contributed by atoms with Gasteiger partial charge in [-0.1, -0.05) is 12.1 Å². The highest BCUT2D eigenvalue weighted by molar-refractivity contribution is 6.41. The minimum atomic E-state index is 0.154. The van der Waals surface area contributed by atoms with Crippen LogP contribution in [0.3, 0.4) is 0 Å². The van der Waals surface area contributed by atoms with Gasteiger partial charge in [0.15, 0.2) is 11.7 Å². The van der Waals surface area contributed by atoms with Crippen LogP contribution in [0, 0.1) is 0 Å². The number of carbonyl (C=O) groups excluding carboxylic acids is 1. The SMILES string of the molecule is COc1cccc(CC(=O)N2CCN(C3=NC=CN4C3=NCC4C)CC2)c1. The van der Waals surface area contributed by atoms with Gasteiger partial charge in [-0.3, -0.25) is 9.79 Å². The van der Waals surface area contributed by atoms with Crippen LogP contribution in [0.4, 0.5) is 0 Å². The predicted octanol–water partition coefficient (Wildman–Crippen LogP) is 1.37. The number of aliphatic imine (C=N–C) groups is 2. The molecule has 1 fully saturated rings. The van der Waals surface area contributed by atoms with E-state index in [0.717, 1.165) is 42.6 Å². The third kappa shape index (κ3) is 3.54. The summed E-state index contributed by atoms with van der Waals surface area (Å²) in [5, 5.41) is 0. The largest absolute Gasteiger partial charge is 0.497 e. The van der Waals surface area contributed by atoms with Crippen molar-refractivity contribution < 1.29 is 9.53 Å². The Morgan fingerprint density at radius 3 is 2.81 bits per heavy atom. The molecule has 0 aromatic heterocycles. The van der Waals surface area contributed by atoms with E-state index in [0.29, 0.717) is 25.6 Å². The Morgan fingerprint density at radius 2 is 2.04 bits per heavy atom. The number of amides is 1. The molecule has 0 aliphatic carbocycles. The Hall–Kier alpha value is -2.83. The first kappa shape index (κ1) is 17.6. The second-order valence-electron chi connectivity index (χ2n) is 7.07. The smallest absolute Gasteiger partial charge is 0.227 e. The second kappa shape index (κ2) is 7.42. The van der Waals surface area contributed by atoms with E-state index in [1.54, 1.807) is 7.11 Å². The van der Waals surface area contributed by atoms with Crippen molar-refractivity contribution >= 4 is 17.6 Å². The van der Waals surface area contributed by atoms with E-state index in [-0.39, 0.29) is 5.91 Å². The Balaban J connectivity index is 1.35. The lowest BCUT2D eigenvalue weighted by atomic mass is 10.1. The normalized spacial score (nSPS) is 21.7. The summed E-state index contributed by atoms with van der Waals surface area (Å²) >= 11 is 0. The molecule has 0 bridgehead atoms. The van der Waals surface area contributed by atoms with Gasteiger partial charge in [-0.25, -0.2) is 4.99 Å². The van der Waals surface area contributed by atoms with Crippen molar-refractivity contribution in [3.63, 3.8) is 0 Å². The van der Waals surface area contributed by atoms with Gasteiger partial charge < -0.3 is 19.4 Å². The van der Waals surface area contributed by atoms with Crippen LogP contribution in [0.1, 0.15) is 12.5 Å². The van der Waals surface area contributed by atoms with Gasteiger partial charge in [-0.05, 0) is 24.6 Å². The average molecular weight is 367 g/mol. The van der Waals surface area contributed by atoms with Crippen molar-refractivity contribution in [3.05, 3.63) is 42.2 Å². The lowest BCUT2D eigenvalue weighted by Crippen LogP contribution is -2.54. The van der Waals surface area contributed by atoms with Gasteiger partial charge in [-0.2, -0.15) is 0 Å². The molecular weight excluding hydrogens is 342 g/mol. The summed E-state index contributed by atoms with van der Waals surface area (Å²) in [6.07, 6.45) is 4.24. The first-order valence-electron chi connectivity index (χ1n) is 9.39. The van der Waals surface area contributed by atoms with E-state index in [1.807, 2.05) is 41.6 Å². The van der Waals surface area contributed by atoms with Crippen LogP contribution in [-0.4, -0.2) is 78.2 Å². The molecule has 7 heteroatoms. The molecule has 1 saturated heterocycles. The zero-order chi connectivity index (χ0) is 18.8. The van der Waals surface area contributed by atoms with E-state index < -0.39 is 0 Å². The molecule has 1 unspecified atom stereocenters. The first-order valence-corrected chi connectivity index (χ1v) is 9.39. The molecule has 0 radical (unpaired) electrons. The van der Waals surface area contributed by atoms with Crippen LogP contribution in [0.15, 0.2) is 46.7 Å². The minimum Gasteiger partial charge on any atom is -0.497 e. The Bertz CT molecular complexity index is 808. The molecule has 3 heterocycles. The highest BCUT2D eigenvalue weighted by Crippen LogP contribution is 2.19. The third-order valence-corrected chi connectivity index (χ3v) is 5.27. The zero-order valence-electron chi connectivity index (χ0n) is 15.8. The maximum atomic E-state index is 12.7. The number of fused-ring (bicyclic) bond motifs is 1. The van der Waals surface area contributed by atoms with Gasteiger partial charge >= 0.3 is 0 Å². The standard InChI is InChI=1S/C20H25N5O2/c1-15-14-22-20-19(21-6-7-25(15)20)24-10-8-23(9-11-24)18(26)13-16-4-3-5-17(12-16)27-2/h3-7,12,15H,8-11,13-14H2,1-2H3. The monoisotopic (exact) mass is 367 g/mol. The van der Waals surface area contributed by atoms with Crippen molar-refractivity contribution in [1.29, 1.82) is 0 Å². The van der Waals surface area contributed by atoms with Crippen molar-refractivity contribution in [2.75, 3.05) is 39.8 Å². The van der Waals surface area contributed by atoms with E-state index in [4.69, 9.17) is 4.74 Å². The van der Waals surface area contributed by atoms with Crippen molar-refractivity contribution in [1.82, 2.24) is 14.7 Å². The van der Waals surface area contributed by atoms with Gasteiger partial charge in [0.05, 0.1) is 26.1 Å². The fourth-order valence-corrected chi connectivity index (χ4v) is 3.69. The van der Waals surface area contributed by atoms with E-state index >= 15 is 0 Å². The second-order valence-corrected chi connectivity index (χ2v) is 7.07. The molecular formula is C20H25N5O2. The summed E-state index contributed by atoms with van der Waals surface area (Å²) in [5.74, 6) is 2.83. The van der Waals surface area contributed by atoms with E-state index in [9.17, 15) is 4.79 Å². The van der Waals surface area contributed by atoms with Crippen LogP contribution >= 0.6 is 0 Å². The summed E-state index contributed by atoms with van der Waals surface area (Å²) in [7, 11) is 1.64. The number of carbonyl (C=O) groups is 1. The molecule has 4 rings (SSSR count). The van der Waals surface area contributed by atoms with Gasteiger partial charge in [0.1, 0.15) is 5.75 Å². The minimum absolute atomic E-state index is 0.154. The van der Waals surface area contributed by atoms with Crippen LogP contribution in [0.5, 0.6) is 5.75 Å². The number of hydrogen-bond acceptors (Lipinski definition) is 6. The van der Waals surface area contributed by atoms with Crippen molar-refractivity contribution in [2.24, 2.45) is 9.98 Å². The fraction of sp³-hybridized carbons (Fsp3) is 0.450. The Labute approximate surface area is 159 Å². The van der Waals surface area contributed by atoms with Gasteiger partial charge in [-0.15, -0.1) is 0 Å². The third-order valence-electron chi connectivity index (χ3n) is 5.27. The van der Waals surface area contributed by atoms with Crippen LogP contribution < -0.4 is 4.74 Å². The quantitative estimate of drug-likeness (QED) is 0.810. The molecule has 7 nitrogen and oxygen atoms in total. The van der Waals surface area contributed by atoms with Gasteiger partial charge in [0.25, 0.3) is 0 Å². The van der Waals surface area contributed by atoms with Crippen molar-refractivity contribution in [3.8, 4) is 5.75 Å². The number of ether oxygens (including phenoxy) is 1. The van der Waals surface area contributed by atoms with E-state index in [1.165, 1.54) is 0 Å². The molecule has 0 spiro atoms. The van der Waals surface area contributed by atoms with Crippen molar-refractivity contribution in [2.45, 2.75) is 19.4 Å². The maximum Gasteiger partial charge on any atom is 0.227 e. The molecule has 3 aliphatic heterocycles. The summed E-state index contributed by atoms with van der Waals surface area (Å²) < 4.78 is 5.24. The highest BCUT2D eigenvalue weighted by atomic mass is 16.5. The number of rotatable bonds is 3. The van der Waals surface area contributed by atoms with Crippen LogP contribution in [-0.2, 0) is 11.2 Å². The summed E-state index contributed by atoms with van der Waals surface area (Å²) in [4.78, 5) is 28.2. The molecule has 1 amide bonds. The summed E-state index contributed by atoms with van der Waals surface area (Å²) in [6, 6.07) is 8.08. The maximum absolute atomic E-state index is 12.7. The van der Waals surface area contributed by atoms with Gasteiger partial charge in [0, 0.05) is 38.6 Å². The average Bonchev–Trinajstić information content (AvgIpc) is 3.09. The molecule has 1 aromatic carbocycles. The molecule has 0 N–H and O–H groups in total. The topological polar surface area (TPSA) is 60.7 Å². The Morgan fingerprint density at radius 1 is 1.22 bits per heavy atom. The molecule has 1 atom stereocenters. The van der Waals surface area contributed by atoms with E-state index in [2.05, 4.69) is 26.7 Å². The van der Waals surface area contributed by atoms with Crippen LogP contribution in [0.2, 0.25) is 0 Å². The molecule has 142 valence electrons. The fourth-order valence-electron chi connectivity index (χ4n) is 3.69. The molecule has 0 saturated carbocycles. The predicted molar refractivity (Wildman–Crippen MR) is 105 cm³/mol. The summed E-state index contributed by atoms with van der Waals surface area (Å²) in [5.41, 5.74) is 0.980. The molecule has 1 aromatic rings. The number of piperazine rings is 1. The highest BCUT2D eigenvalue weighted by Gasteiger charge is 2.32. The first-order chi connectivity index (χ1) is 13.2. The number of methoxy groups -OCH3 is 1. The lowest BCUT2D eigenvalue weighted by molar-refractivity contribution is -0.131. The molecule has 27 heavy (non-hydrogen) atoms. The summed E-state index contributed by atoms with van der Waals surface area (Å²) in [6.45, 7) is 5.93.